The Morgan fingerprint density at radius 2 is 1.68 bits per heavy atom. The van der Waals surface area contributed by atoms with Crippen molar-refractivity contribution in [3.63, 3.8) is 0 Å². The summed E-state index contributed by atoms with van der Waals surface area (Å²) >= 11 is 0. The number of rotatable bonds is 7. The molecule has 2 amide bonds. The number of hydrogen-bond acceptors (Lipinski definition) is 5. The summed E-state index contributed by atoms with van der Waals surface area (Å²) in [6.07, 6.45) is -0.192. The van der Waals surface area contributed by atoms with Gasteiger partial charge in [-0.1, -0.05) is 62.4 Å². The number of carbonyl (C=O) groups excluding carboxylic acids is 2. The highest BCUT2D eigenvalue weighted by Gasteiger charge is 2.48. The maximum atomic E-state index is 13.2. The molecule has 2 N–H and O–H groups in total. The monoisotopic (exact) mass is 466 g/mol. The number of aliphatic carboxylic acids is 1. The van der Waals surface area contributed by atoms with E-state index in [0.717, 1.165) is 22.3 Å². The van der Waals surface area contributed by atoms with Gasteiger partial charge in [-0.15, -0.1) is 0 Å². The van der Waals surface area contributed by atoms with Crippen LogP contribution in [0.25, 0.3) is 11.1 Å². The van der Waals surface area contributed by atoms with Crippen molar-refractivity contribution < 1.29 is 29.0 Å². The van der Waals surface area contributed by atoms with Gasteiger partial charge in [0.25, 0.3) is 0 Å². The number of benzene rings is 2. The van der Waals surface area contributed by atoms with Crippen LogP contribution in [-0.2, 0) is 19.1 Å². The molecule has 2 atom stereocenters. The van der Waals surface area contributed by atoms with E-state index in [1.165, 1.54) is 12.0 Å². The molecule has 0 spiro atoms. The number of alkyl carbamates (subject to hydrolysis) is 1. The standard InChI is InChI=1S/C26H30N2O6/c1-26(2)12-13-28(22(26)24(30)31)23(29)21(15-33-3)27-25(32)34-14-20-18-10-6-4-8-16(18)17-9-5-7-11-19(17)20/h4-11,20-22H,12-15H2,1-3H3,(H,27,32)(H,30,31)/t21-,22?/m0/s1. The molecule has 1 aliphatic carbocycles. The lowest BCUT2D eigenvalue weighted by atomic mass is 9.85. The summed E-state index contributed by atoms with van der Waals surface area (Å²) in [7, 11) is 1.42. The third kappa shape index (κ3) is 4.37. The molecule has 2 aromatic carbocycles. The molecule has 8 heteroatoms. The Bertz CT molecular complexity index is 1050. The summed E-state index contributed by atoms with van der Waals surface area (Å²) in [6.45, 7) is 3.97. The normalized spacial score (nSPS) is 19.3. The van der Waals surface area contributed by atoms with Gasteiger partial charge in [-0.05, 0) is 34.1 Å². The number of amides is 2. The maximum absolute atomic E-state index is 13.2. The maximum Gasteiger partial charge on any atom is 0.407 e. The number of nitrogens with zero attached hydrogens (tertiary/aromatic N) is 1. The largest absolute Gasteiger partial charge is 0.480 e. The molecular formula is C26H30N2O6. The Hall–Kier alpha value is -3.39. The molecule has 1 saturated heterocycles. The fourth-order valence-electron chi connectivity index (χ4n) is 5.13. The number of carbonyl (C=O) groups is 3. The van der Waals surface area contributed by atoms with Gasteiger partial charge in [-0.2, -0.15) is 0 Å². The Morgan fingerprint density at radius 1 is 1.09 bits per heavy atom. The second kappa shape index (κ2) is 9.46. The van der Waals surface area contributed by atoms with E-state index in [0.29, 0.717) is 13.0 Å². The zero-order chi connectivity index (χ0) is 24.5. The first-order valence-electron chi connectivity index (χ1n) is 11.4. The Labute approximate surface area is 198 Å². The van der Waals surface area contributed by atoms with E-state index in [-0.39, 0.29) is 19.1 Å². The SMILES string of the molecule is COC[C@H](NC(=O)OCC1c2ccccc2-c2ccccc21)C(=O)N1CCC(C)(C)C1C(=O)O. The second-order valence-electron chi connectivity index (χ2n) is 9.49. The van der Waals surface area contributed by atoms with Crippen molar-refractivity contribution in [2.45, 2.75) is 38.3 Å². The molecule has 2 aliphatic rings. The number of fused-ring (bicyclic) bond motifs is 3. The van der Waals surface area contributed by atoms with Gasteiger partial charge < -0.3 is 24.8 Å². The van der Waals surface area contributed by atoms with E-state index < -0.39 is 35.5 Å². The van der Waals surface area contributed by atoms with Crippen LogP contribution in [-0.4, -0.2) is 66.9 Å². The number of nitrogens with one attached hydrogen (secondary N) is 1. The fourth-order valence-corrected chi connectivity index (χ4v) is 5.13. The fraction of sp³-hybridized carbons (Fsp3) is 0.423. The third-order valence-electron chi connectivity index (χ3n) is 6.83. The Morgan fingerprint density at radius 3 is 2.24 bits per heavy atom. The smallest absolute Gasteiger partial charge is 0.407 e. The molecule has 4 rings (SSSR count). The highest BCUT2D eigenvalue weighted by molar-refractivity contribution is 5.90. The number of carboxylic acid groups (broad SMARTS) is 1. The van der Waals surface area contributed by atoms with Crippen molar-refractivity contribution >= 4 is 18.0 Å². The van der Waals surface area contributed by atoms with Crippen molar-refractivity contribution in [2.24, 2.45) is 5.41 Å². The first kappa shape index (κ1) is 23.8. The van der Waals surface area contributed by atoms with Gasteiger partial charge in [-0.25, -0.2) is 9.59 Å². The minimum Gasteiger partial charge on any atom is -0.480 e. The van der Waals surface area contributed by atoms with Crippen molar-refractivity contribution in [1.29, 1.82) is 0 Å². The summed E-state index contributed by atoms with van der Waals surface area (Å²) < 4.78 is 10.7. The molecule has 0 bridgehead atoms. The Balaban J connectivity index is 1.44. The van der Waals surface area contributed by atoms with Crippen LogP contribution in [0, 0.1) is 5.41 Å². The molecular weight excluding hydrogens is 436 g/mol. The minimum absolute atomic E-state index is 0.0910. The topological polar surface area (TPSA) is 105 Å². The molecule has 1 heterocycles. The lowest BCUT2D eigenvalue weighted by Gasteiger charge is -2.31. The predicted molar refractivity (Wildman–Crippen MR) is 125 cm³/mol. The lowest BCUT2D eigenvalue weighted by Crippen LogP contribution is -2.55. The van der Waals surface area contributed by atoms with E-state index >= 15 is 0 Å². The molecule has 0 aromatic heterocycles. The van der Waals surface area contributed by atoms with Crippen molar-refractivity contribution in [1.82, 2.24) is 10.2 Å². The molecule has 1 unspecified atom stereocenters. The van der Waals surface area contributed by atoms with E-state index in [2.05, 4.69) is 17.4 Å². The van der Waals surface area contributed by atoms with Gasteiger partial charge in [0.15, 0.2) is 0 Å². The minimum atomic E-state index is -1.06. The van der Waals surface area contributed by atoms with Gasteiger partial charge in [0, 0.05) is 19.6 Å². The van der Waals surface area contributed by atoms with Gasteiger partial charge in [0.2, 0.25) is 5.91 Å². The first-order chi connectivity index (χ1) is 16.2. The van der Waals surface area contributed by atoms with E-state index in [9.17, 15) is 19.5 Å². The molecule has 2 aromatic rings. The molecule has 8 nitrogen and oxygen atoms in total. The summed E-state index contributed by atoms with van der Waals surface area (Å²) in [5.74, 6) is -1.66. The number of hydrogen-bond donors (Lipinski definition) is 2. The average Bonchev–Trinajstić information content (AvgIpc) is 3.31. The van der Waals surface area contributed by atoms with E-state index in [1.807, 2.05) is 50.2 Å². The van der Waals surface area contributed by atoms with Gasteiger partial charge in [0.1, 0.15) is 18.7 Å². The van der Waals surface area contributed by atoms with Crippen LogP contribution in [0.2, 0.25) is 0 Å². The third-order valence-corrected chi connectivity index (χ3v) is 6.83. The molecule has 34 heavy (non-hydrogen) atoms. The van der Waals surface area contributed by atoms with Gasteiger partial charge >= 0.3 is 12.1 Å². The van der Waals surface area contributed by atoms with Crippen LogP contribution in [0.15, 0.2) is 48.5 Å². The predicted octanol–water partition coefficient (Wildman–Crippen LogP) is 3.25. The van der Waals surface area contributed by atoms with Crippen LogP contribution in [0.3, 0.4) is 0 Å². The quantitative estimate of drug-likeness (QED) is 0.649. The van der Waals surface area contributed by atoms with Crippen molar-refractivity contribution in [3.05, 3.63) is 59.7 Å². The zero-order valence-corrected chi connectivity index (χ0v) is 19.6. The second-order valence-corrected chi connectivity index (χ2v) is 9.49. The highest BCUT2D eigenvalue weighted by atomic mass is 16.5. The number of methoxy groups -OCH3 is 1. The Kier molecular flexibility index (Phi) is 6.61. The highest BCUT2D eigenvalue weighted by Crippen LogP contribution is 2.44. The van der Waals surface area contributed by atoms with Gasteiger partial charge in [-0.3, -0.25) is 4.79 Å². The first-order valence-corrected chi connectivity index (χ1v) is 11.4. The van der Waals surface area contributed by atoms with Crippen LogP contribution in [0.1, 0.15) is 37.3 Å². The molecule has 180 valence electrons. The lowest BCUT2D eigenvalue weighted by molar-refractivity contribution is -0.152. The van der Waals surface area contributed by atoms with Crippen molar-refractivity contribution in [3.8, 4) is 11.1 Å². The molecule has 1 fully saturated rings. The summed E-state index contributed by atoms with van der Waals surface area (Å²) in [4.78, 5) is 39.0. The number of carboxylic acids is 1. The number of likely N-dealkylation sites (tertiary alicyclic amines) is 1. The van der Waals surface area contributed by atoms with Crippen LogP contribution in [0.5, 0.6) is 0 Å². The van der Waals surface area contributed by atoms with Crippen molar-refractivity contribution in [2.75, 3.05) is 26.9 Å². The average molecular weight is 467 g/mol. The van der Waals surface area contributed by atoms with E-state index in [1.54, 1.807) is 0 Å². The van der Waals surface area contributed by atoms with E-state index in [4.69, 9.17) is 9.47 Å². The molecule has 0 saturated carbocycles. The van der Waals surface area contributed by atoms with Crippen LogP contribution in [0.4, 0.5) is 4.79 Å². The molecule has 1 aliphatic heterocycles. The summed E-state index contributed by atoms with van der Waals surface area (Å²) in [6, 6.07) is 14.0. The zero-order valence-electron chi connectivity index (χ0n) is 19.6. The molecule has 0 radical (unpaired) electrons. The number of ether oxygens (including phenoxy) is 2. The summed E-state index contributed by atoms with van der Waals surface area (Å²) in [5.41, 5.74) is 3.85. The van der Waals surface area contributed by atoms with Gasteiger partial charge in [0.05, 0.1) is 6.61 Å². The van der Waals surface area contributed by atoms with Crippen LogP contribution >= 0.6 is 0 Å². The van der Waals surface area contributed by atoms with Crippen LogP contribution < -0.4 is 5.32 Å². The summed E-state index contributed by atoms with van der Waals surface area (Å²) in [5, 5.41) is 12.3.